The molecule has 0 radical (unpaired) electrons. The molecular formula is C17H26ClNO. The van der Waals surface area contributed by atoms with Crippen LogP contribution in [0.3, 0.4) is 0 Å². The van der Waals surface area contributed by atoms with Gasteiger partial charge in [-0.05, 0) is 31.2 Å². The van der Waals surface area contributed by atoms with Crippen molar-refractivity contribution in [1.29, 1.82) is 0 Å². The fourth-order valence-electron chi connectivity index (χ4n) is 3.00. The van der Waals surface area contributed by atoms with Crippen LogP contribution in [-0.2, 0) is 4.74 Å². The van der Waals surface area contributed by atoms with Crippen molar-refractivity contribution in [2.75, 3.05) is 0 Å². The average molecular weight is 296 g/mol. The highest BCUT2D eigenvalue weighted by Crippen LogP contribution is 2.35. The van der Waals surface area contributed by atoms with Gasteiger partial charge in [0.15, 0.2) is 0 Å². The molecule has 1 aromatic carbocycles. The molecule has 0 saturated heterocycles. The topological polar surface area (TPSA) is 35.2 Å². The third kappa shape index (κ3) is 3.75. The first-order valence-corrected chi connectivity index (χ1v) is 8.16. The molecule has 2 N–H and O–H groups in total. The van der Waals surface area contributed by atoms with Crippen molar-refractivity contribution in [3.63, 3.8) is 0 Å². The van der Waals surface area contributed by atoms with E-state index in [0.717, 1.165) is 23.4 Å². The molecule has 20 heavy (non-hydrogen) atoms. The first-order valence-electron chi connectivity index (χ1n) is 7.79. The van der Waals surface area contributed by atoms with E-state index in [1.54, 1.807) is 0 Å². The molecule has 1 aliphatic rings. The third-order valence-electron chi connectivity index (χ3n) is 4.43. The lowest BCUT2D eigenvalue weighted by atomic mass is 9.87. The van der Waals surface area contributed by atoms with Crippen LogP contribution in [0, 0.1) is 5.92 Å². The van der Waals surface area contributed by atoms with Crippen LogP contribution in [-0.4, -0.2) is 12.1 Å². The van der Waals surface area contributed by atoms with Crippen LogP contribution in [0.15, 0.2) is 24.3 Å². The Hall–Kier alpha value is -0.570. The highest BCUT2D eigenvalue weighted by atomic mass is 35.5. The van der Waals surface area contributed by atoms with Gasteiger partial charge < -0.3 is 10.5 Å². The summed E-state index contributed by atoms with van der Waals surface area (Å²) in [6.45, 7) is 4.38. The first kappa shape index (κ1) is 15.8. The van der Waals surface area contributed by atoms with E-state index in [-0.39, 0.29) is 12.1 Å². The van der Waals surface area contributed by atoms with Gasteiger partial charge in [-0.1, -0.05) is 56.5 Å². The van der Waals surface area contributed by atoms with Gasteiger partial charge in [0.25, 0.3) is 0 Å². The molecule has 1 aliphatic carbocycles. The molecule has 1 saturated carbocycles. The van der Waals surface area contributed by atoms with Gasteiger partial charge in [-0.15, -0.1) is 0 Å². The molecule has 0 heterocycles. The Labute approximate surface area is 127 Å². The lowest BCUT2D eigenvalue weighted by Gasteiger charge is -2.35. The van der Waals surface area contributed by atoms with Crippen LogP contribution in [0.25, 0.3) is 0 Å². The number of hydrogen-bond donors (Lipinski definition) is 1. The van der Waals surface area contributed by atoms with E-state index in [1.807, 2.05) is 24.3 Å². The van der Waals surface area contributed by atoms with Crippen molar-refractivity contribution < 1.29 is 4.74 Å². The molecule has 0 spiro atoms. The Morgan fingerprint density at radius 2 is 2.00 bits per heavy atom. The second-order valence-electron chi connectivity index (χ2n) is 5.95. The fourth-order valence-corrected chi connectivity index (χ4v) is 3.24. The van der Waals surface area contributed by atoms with Gasteiger partial charge in [-0.25, -0.2) is 0 Å². The number of ether oxygens (including phenoxy) is 1. The molecular weight excluding hydrogens is 270 g/mol. The summed E-state index contributed by atoms with van der Waals surface area (Å²) in [4.78, 5) is 0. The number of nitrogens with two attached hydrogens (primary N) is 1. The van der Waals surface area contributed by atoms with Gasteiger partial charge in [0.05, 0.1) is 12.2 Å². The van der Waals surface area contributed by atoms with E-state index in [9.17, 15) is 0 Å². The van der Waals surface area contributed by atoms with E-state index in [0.29, 0.717) is 12.0 Å². The predicted octanol–water partition coefficient (Wildman–Crippen LogP) is 4.71. The minimum atomic E-state index is -0.0979. The van der Waals surface area contributed by atoms with Crippen molar-refractivity contribution in [2.24, 2.45) is 11.7 Å². The zero-order valence-corrected chi connectivity index (χ0v) is 13.3. The van der Waals surface area contributed by atoms with Crippen LogP contribution in [0.5, 0.6) is 0 Å². The van der Waals surface area contributed by atoms with Crippen molar-refractivity contribution in [2.45, 2.75) is 64.2 Å². The summed E-state index contributed by atoms with van der Waals surface area (Å²) in [5, 5.41) is 0.755. The van der Waals surface area contributed by atoms with Gasteiger partial charge in [0, 0.05) is 16.6 Å². The van der Waals surface area contributed by atoms with Crippen molar-refractivity contribution in [3.05, 3.63) is 34.9 Å². The average Bonchev–Trinajstić information content (AvgIpc) is 2.47. The lowest BCUT2D eigenvalue weighted by Crippen LogP contribution is -2.35. The number of rotatable bonds is 5. The predicted molar refractivity (Wildman–Crippen MR) is 85.0 cm³/mol. The van der Waals surface area contributed by atoms with Gasteiger partial charge in [-0.3, -0.25) is 0 Å². The fraction of sp³-hybridized carbons (Fsp3) is 0.647. The largest absolute Gasteiger partial charge is 0.368 e. The van der Waals surface area contributed by atoms with Crippen LogP contribution in [0.2, 0.25) is 5.02 Å². The van der Waals surface area contributed by atoms with Crippen LogP contribution in [0.1, 0.15) is 57.6 Å². The molecule has 2 nitrogen and oxygen atoms in total. The quantitative estimate of drug-likeness (QED) is 0.853. The van der Waals surface area contributed by atoms with E-state index in [1.165, 1.54) is 19.3 Å². The maximum Gasteiger partial charge on any atom is 0.0993 e. The highest BCUT2D eigenvalue weighted by Gasteiger charge is 2.29. The smallest absolute Gasteiger partial charge is 0.0993 e. The van der Waals surface area contributed by atoms with Gasteiger partial charge in [0.1, 0.15) is 0 Å². The minimum absolute atomic E-state index is 0.0102. The van der Waals surface area contributed by atoms with Crippen LogP contribution in [0.4, 0.5) is 0 Å². The summed E-state index contributed by atoms with van der Waals surface area (Å²) in [5.41, 5.74) is 7.33. The first-order chi connectivity index (χ1) is 9.63. The van der Waals surface area contributed by atoms with Gasteiger partial charge in [-0.2, -0.15) is 0 Å². The summed E-state index contributed by atoms with van der Waals surface area (Å²) in [5.74, 6) is 0.609. The van der Waals surface area contributed by atoms with Crippen LogP contribution >= 0.6 is 11.6 Å². The van der Waals surface area contributed by atoms with E-state index < -0.39 is 0 Å². The van der Waals surface area contributed by atoms with Crippen molar-refractivity contribution >= 4 is 11.6 Å². The van der Waals surface area contributed by atoms with Crippen LogP contribution < -0.4 is 5.73 Å². The van der Waals surface area contributed by atoms with Crippen molar-refractivity contribution in [3.8, 4) is 0 Å². The third-order valence-corrected chi connectivity index (χ3v) is 4.77. The maximum absolute atomic E-state index is 6.41. The number of halogens is 1. The molecule has 4 atom stereocenters. The van der Waals surface area contributed by atoms with E-state index in [4.69, 9.17) is 22.1 Å². The Morgan fingerprint density at radius 3 is 2.65 bits per heavy atom. The molecule has 0 amide bonds. The molecule has 1 aromatic rings. The van der Waals surface area contributed by atoms with E-state index >= 15 is 0 Å². The molecule has 0 aromatic heterocycles. The zero-order chi connectivity index (χ0) is 14.5. The molecule has 112 valence electrons. The molecule has 2 rings (SSSR count). The summed E-state index contributed by atoms with van der Waals surface area (Å²) in [7, 11) is 0. The normalized spacial score (nSPS) is 26.2. The summed E-state index contributed by atoms with van der Waals surface area (Å²) in [6.07, 6.45) is 6.06. The standard InChI is InChI=1S/C17H26ClNO/c1-3-15(19)17(13-9-5-6-10-14(13)18)20-16-11-7-4-8-12(16)2/h5-6,9-10,12,15-17H,3-4,7-8,11,19H2,1-2H3. The monoisotopic (exact) mass is 295 g/mol. The minimum Gasteiger partial charge on any atom is -0.368 e. The highest BCUT2D eigenvalue weighted by molar-refractivity contribution is 6.31. The second kappa shape index (κ2) is 7.44. The number of hydrogen-bond acceptors (Lipinski definition) is 2. The lowest BCUT2D eigenvalue weighted by molar-refractivity contribution is -0.0676. The summed E-state index contributed by atoms with van der Waals surface area (Å²) in [6, 6.07) is 7.90. The molecule has 1 fully saturated rings. The maximum atomic E-state index is 6.41. The Kier molecular flexibility index (Phi) is 5.88. The zero-order valence-electron chi connectivity index (χ0n) is 12.5. The van der Waals surface area contributed by atoms with E-state index in [2.05, 4.69) is 13.8 Å². The summed E-state index contributed by atoms with van der Waals surface area (Å²) < 4.78 is 6.41. The molecule has 0 aliphatic heterocycles. The molecule has 3 heteroatoms. The Morgan fingerprint density at radius 1 is 1.30 bits per heavy atom. The Balaban J connectivity index is 2.18. The molecule has 4 unspecified atom stereocenters. The summed E-state index contributed by atoms with van der Waals surface area (Å²) >= 11 is 6.34. The SMILES string of the molecule is CCC(N)C(OC1CCCCC1C)c1ccccc1Cl. The Bertz CT molecular complexity index is 423. The van der Waals surface area contributed by atoms with Crippen molar-refractivity contribution in [1.82, 2.24) is 0 Å². The number of benzene rings is 1. The molecule has 0 bridgehead atoms. The second-order valence-corrected chi connectivity index (χ2v) is 6.36. The van der Waals surface area contributed by atoms with Gasteiger partial charge in [0.2, 0.25) is 0 Å². The van der Waals surface area contributed by atoms with Gasteiger partial charge >= 0.3 is 0 Å².